The molecule has 40 heavy (non-hydrogen) atoms. The van der Waals surface area contributed by atoms with Crippen molar-refractivity contribution in [2.24, 2.45) is 0 Å². The number of rotatable bonds is 6. The summed E-state index contributed by atoms with van der Waals surface area (Å²) in [5, 5.41) is 2.59. The molecule has 1 N–H and O–H groups in total. The number of nitrogens with one attached hydrogen (secondary N) is 1. The number of halogens is 8. The zero-order valence-corrected chi connectivity index (χ0v) is 20.8. The van der Waals surface area contributed by atoms with Crippen LogP contribution < -0.4 is 10.8 Å². The molecular formula is C29H20BF8NO. The molecule has 0 aliphatic carbocycles. The van der Waals surface area contributed by atoms with Crippen molar-refractivity contribution in [3.63, 3.8) is 0 Å². The Kier molecular flexibility index (Phi) is 7.78. The molecule has 0 fully saturated rings. The first-order valence-electron chi connectivity index (χ1n) is 11.9. The first kappa shape index (κ1) is 28.9. The molecule has 1 amide bonds. The van der Waals surface area contributed by atoms with Gasteiger partial charge >= 0.3 is 12.4 Å². The van der Waals surface area contributed by atoms with Gasteiger partial charge in [-0.1, -0.05) is 60.1 Å². The molecule has 4 rings (SSSR count). The summed E-state index contributed by atoms with van der Waals surface area (Å²) in [5.74, 6) is -3.97. The molecule has 0 radical (unpaired) electrons. The van der Waals surface area contributed by atoms with Crippen molar-refractivity contribution >= 4 is 19.2 Å². The number of alkyl halides is 6. The molecule has 4 aromatic rings. The van der Waals surface area contributed by atoms with Gasteiger partial charge in [-0.2, -0.15) is 26.3 Å². The Hall–Kier alpha value is -4.15. The number of carbonyl (C=O) groups is 1. The average Bonchev–Trinajstić information content (AvgIpc) is 2.88. The zero-order chi connectivity index (χ0) is 29.3. The first-order chi connectivity index (χ1) is 18.7. The molecule has 0 spiro atoms. The van der Waals surface area contributed by atoms with Gasteiger partial charge < -0.3 is 5.32 Å². The summed E-state index contributed by atoms with van der Waals surface area (Å²) in [5.41, 5.74) is -4.24. The van der Waals surface area contributed by atoms with Gasteiger partial charge in [-0.15, -0.1) is 0 Å². The van der Waals surface area contributed by atoms with Gasteiger partial charge in [0.1, 0.15) is 19.5 Å². The Morgan fingerprint density at radius 2 is 1.32 bits per heavy atom. The summed E-state index contributed by atoms with van der Waals surface area (Å²) in [7, 11) is 1.75. The van der Waals surface area contributed by atoms with Crippen molar-refractivity contribution in [2.45, 2.75) is 24.3 Å². The van der Waals surface area contributed by atoms with Crippen LogP contribution in [0.25, 0.3) is 0 Å². The lowest BCUT2D eigenvalue weighted by Gasteiger charge is -2.37. The van der Waals surface area contributed by atoms with Crippen LogP contribution >= 0.6 is 0 Å². The molecule has 4 aromatic carbocycles. The molecular weight excluding hydrogens is 541 g/mol. The number of hydrogen-bond donors (Lipinski definition) is 1. The maximum atomic E-state index is 14.7. The largest absolute Gasteiger partial charge is 0.419 e. The van der Waals surface area contributed by atoms with E-state index in [1.165, 1.54) is 12.1 Å². The van der Waals surface area contributed by atoms with Crippen LogP contribution in [0.2, 0.25) is 0 Å². The van der Waals surface area contributed by atoms with Crippen molar-refractivity contribution in [1.29, 1.82) is 0 Å². The van der Waals surface area contributed by atoms with E-state index in [-0.39, 0.29) is 17.5 Å². The van der Waals surface area contributed by atoms with Crippen molar-refractivity contribution in [3.8, 4) is 0 Å². The van der Waals surface area contributed by atoms with Crippen LogP contribution in [0.3, 0.4) is 0 Å². The van der Waals surface area contributed by atoms with Gasteiger partial charge in [0.05, 0.1) is 16.7 Å². The Morgan fingerprint density at radius 1 is 0.700 bits per heavy atom. The van der Waals surface area contributed by atoms with Crippen LogP contribution in [-0.2, 0) is 24.3 Å². The third-order valence-corrected chi connectivity index (χ3v) is 6.44. The topological polar surface area (TPSA) is 29.1 Å². The molecule has 2 nitrogen and oxygen atoms in total. The summed E-state index contributed by atoms with van der Waals surface area (Å²) >= 11 is 0. The first-order valence-corrected chi connectivity index (χ1v) is 11.9. The summed E-state index contributed by atoms with van der Waals surface area (Å²) in [4.78, 5) is 13.5. The zero-order valence-electron chi connectivity index (χ0n) is 20.8. The lowest BCUT2D eigenvalue weighted by Crippen LogP contribution is -2.49. The van der Waals surface area contributed by atoms with E-state index in [1.807, 2.05) is 0 Å². The van der Waals surface area contributed by atoms with E-state index < -0.39 is 52.1 Å². The molecule has 0 aliphatic rings. The normalized spacial score (nSPS) is 13.5. The lowest BCUT2D eigenvalue weighted by molar-refractivity contribution is -0.140. The van der Waals surface area contributed by atoms with E-state index in [0.29, 0.717) is 29.8 Å². The number of benzene rings is 4. The van der Waals surface area contributed by atoms with E-state index in [0.717, 1.165) is 17.6 Å². The third kappa shape index (κ3) is 6.19. The van der Waals surface area contributed by atoms with Crippen LogP contribution in [0.1, 0.15) is 38.2 Å². The standard InChI is InChI=1S/C29H20BF8NO/c30-22-9-7-19(8-10-22)27(16-17-4-2-1-3-5-17,20-13-21(28(33,34)35)15-23(31)14-20)39-26(40)18-6-11-25(32)24(12-18)29(36,37)38/h1-15H,16,30H2,(H,39,40). The van der Waals surface area contributed by atoms with Crippen molar-refractivity contribution in [2.75, 3.05) is 0 Å². The van der Waals surface area contributed by atoms with Crippen LogP contribution in [0, 0.1) is 11.6 Å². The Bertz CT molecular complexity index is 1520. The summed E-state index contributed by atoms with van der Waals surface area (Å²) in [6.45, 7) is 0. The van der Waals surface area contributed by atoms with Gasteiger partial charge in [0, 0.05) is 12.0 Å². The second-order valence-corrected chi connectivity index (χ2v) is 9.31. The summed E-state index contributed by atoms with van der Waals surface area (Å²) in [6, 6.07) is 18.1. The minimum absolute atomic E-state index is 0.198. The van der Waals surface area contributed by atoms with Crippen LogP contribution in [0.15, 0.2) is 91.0 Å². The van der Waals surface area contributed by atoms with Crippen molar-refractivity contribution in [3.05, 3.63) is 136 Å². The van der Waals surface area contributed by atoms with Crippen molar-refractivity contribution in [1.82, 2.24) is 5.32 Å². The maximum Gasteiger partial charge on any atom is 0.419 e. The fraction of sp³-hybridized carbons (Fsp3) is 0.138. The fourth-order valence-electron chi connectivity index (χ4n) is 4.45. The number of carbonyl (C=O) groups excluding carboxylic acids is 1. The smallest absolute Gasteiger partial charge is 0.338 e. The Morgan fingerprint density at radius 3 is 1.93 bits per heavy atom. The molecule has 0 saturated heterocycles. The Balaban J connectivity index is 1.98. The Labute approximate surface area is 225 Å². The third-order valence-electron chi connectivity index (χ3n) is 6.44. The van der Waals surface area contributed by atoms with Crippen LogP contribution in [0.4, 0.5) is 35.1 Å². The molecule has 206 valence electrons. The highest BCUT2D eigenvalue weighted by molar-refractivity contribution is 6.32. The van der Waals surface area contributed by atoms with Crippen molar-refractivity contribution < 1.29 is 39.9 Å². The predicted octanol–water partition coefficient (Wildman–Crippen LogP) is 6.18. The second-order valence-electron chi connectivity index (χ2n) is 9.31. The molecule has 0 saturated carbocycles. The number of amides is 1. The summed E-state index contributed by atoms with van der Waals surface area (Å²) < 4.78 is 110. The highest BCUT2D eigenvalue weighted by Gasteiger charge is 2.41. The average molecular weight is 561 g/mol. The molecule has 1 unspecified atom stereocenters. The van der Waals surface area contributed by atoms with Gasteiger partial charge in [0.2, 0.25) is 0 Å². The summed E-state index contributed by atoms with van der Waals surface area (Å²) in [6.07, 6.45) is -10.2. The van der Waals surface area contributed by atoms with E-state index in [4.69, 9.17) is 0 Å². The second kappa shape index (κ2) is 10.8. The molecule has 0 heterocycles. The van der Waals surface area contributed by atoms with E-state index in [9.17, 15) is 39.9 Å². The molecule has 0 aliphatic heterocycles. The van der Waals surface area contributed by atoms with E-state index in [2.05, 4.69) is 5.32 Å². The monoisotopic (exact) mass is 561 g/mol. The van der Waals surface area contributed by atoms with Gasteiger partial charge in [0.15, 0.2) is 0 Å². The van der Waals surface area contributed by atoms with Crippen LogP contribution in [-0.4, -0.2) is 13.8 Å². The SMILES string of the molecule is Bc1ccc(C(Cc2ccccc2)(NC(=O)c2ccc(F)c(C(F)(F)F)c2)c2cc(F)cc(C(F)(F)F)c2)cc1. The molecule has 0 bridgehead atoms. The highest BCUT2D eigenvalue weighted by atomic mass is 19.4. The van der Waals surface area contributed by atoms with Gasteiger partial charge in [-0.05, 0) is 53.1 Å². The van der Waals surface area contributed by atoms with Gasteiger partial charge in [0.25, 0.3) is 5.91 Å². The van der Waals surface area contributed by atoms with Gasteiger partial charge in [-0.3, -0.25) is 4.79 Å². The molecule has 1 atom stereocenters. The fourth-order valence-corrected chi connectivity index (χ4v) is 4.45. The predicted molar refractivity (Wildman–Crippen MR) is 136 cm³/mol. The van der Waals surface area contributed by atoms with Gasteiger partial charge in [-0.25, -0.2) is 8.78 Å². The minimum Gasteiger partial charge on any atom is -0.338 e. The molecule has 11 heteroatoms. The highest BCUT2D eigenvalue weighted by Crippen LogP contribution is 2.39. The van der Waals surface area contributed by atoms with Crippen LogP contribution in [0.5, 0.6) is 0 Å². The van der Waals surface area contributed by atoms with E-state index >= 15 is 0 Å². The lowest BCUT2D eigenvalue weighted by atomic mass is 9.76. The number of hydrogen-bond acceptors (Lipinski definition) is 1. The maximum absolute atomic E-state index is 14.7. The quantitative estimate of drug-likeness (QED) is 0.221. The minimum atomic E-state index is -5.11. The molecule has 0 aromatic heterocycles. The van der Waals surface area contributed by atoms with E-state index in [1.54, 1.807) is 50.3 Å².